The van der Waals surface area contributed by atoms with Gasteiger partial charge in [-0.15, -0.1) is 0 Å². The van der Waals surface area contributed by atoms with Crippen molar-refractivity contribution in [3.8, 4) is 5.75 Å². The Balaban J connectivity index is 1.66. The average molecular weight is 463 g/mol. The van der Waals surface area contributed by atoms with E-state index in [1.54, 1.807) is 41.1 Å². The third-order valence-electron chi connectivity index (χ3n) is 5.63. The van der Waals surface area contributed by atoms with E-state index in [1.807, 2.05) is 50.2 Å². The Kier molecular flexibility index (Phi) is 6.24. The summed E-state index contributed by atoms with van der Waals surface area (Å²) < 4.78 is 33.8. The molecule has 170 valence electrons. The first-order valence-electron chi connectivity index (χ1n) is 10.6. The number of hydrogen-bond acceptors (Lipinski definition) is 4. The summed E-state index contributed by atoms with van der Waals surface area (Å²) in [6.07, 6.45) is 1.56. The molecule has 1 amide bonds. The van der Waals surface area contributed by atoms with Gasteiger partial charge in [0.2, 0.25) is 5.91 Å². The van der Waals surface area contributed by atoms with Crippen LogP contribution in [0, 0.1) is 13.8 Å². The second-order valence-corrected chi connectivity index (χ2v) is 10.0. The number of ether oxygens (including phenoxy) is 1. The molecule has 0 saturated carbocycles. The van der Waals surface area contributed by atoms with Crippen LogP contribution in [0.4, 0.5) is 5.69 Å². The van der Waals surface area contributed by atoms with Crippen molar-refractivity contribution in [3.63, 3.8) is 0 Å². The molecule has 4 aromatic rings. The number of fused-ring (bicyclic) bond motifs is 1. The predicted octanol–water partition coefficient (Wildman–Crippen LogP) is 4.88. The number of aromatic nitrogens is 1. The number of para-hydroxylation sites is 3. The Bertz CT molecular complexity index is 1440. The van der Waals surface area contributed by atoms with Gasteiger partial charge in [0.1, 0.15) is 12.3 Å². The van der Waals surface area contributed by atoms with Gasteiger partial charge in [-0.3, -0.25) is 4.79 Å². The number of rotatable bonds is 7. The number of amides is 1. The Labute approximate surface area is 193 Å². The Morgan fingerprint density at radius 3 is 2.52 bits per heavy atom. The molecular weight excluding hydrogens is 436 g/mol. The Morgan fingerprint density at radius 1 is 1.00 bits per heavy atom. The Hall–Kier alpha value is -3.58. The molecule has 0 atom stereocenters. The number of methoxy groups -OCH3 is 1. The number of hydrogen-bond donors (Lipinski definition) is 1. The van der Waals surface area contributed by atoms with Gasteiger partial charge in [-0.2, -0.15) is 0 Å². The van der Waals surface area contributed by atoms with E-state index in [0.29, 0.717) is 22.3 Å². The third-order valence-corrected chi connectivity index (χ3v) is 7.32. The molecule has 33 heavy (non-hydrogen) atoms. The normalized spacial score (nSPS) is 11.5. The van der Waals surface area contributed by atoms with E-state index >= 15 is 0 Å². The molecule has 0 aliphatic rings. The molecule has 4 rings (SSSR count). The molecule has 1 heterocycles. The topological polar surface area (TPSA) is 77.4 Å². The lowest BCUT2D eigenvalue weighted by Crippen LogP contribution is -2.18. The molecule has 7 heteroatoms. The highest BCUT2D eigenvalue weighted by Crippen LogP contribution is 2.29. The van der Waals surface area contributed by atoms with Crippen molar-refractivity contribution in [2.45, 2.75) is 31.0 Å². The molecule has 1 aromatic heterocycles. The van der Waals surface area contributed by atoms with Crippen LogP contribution in [-0.2, 0) is 26.9 Å². The van der Waals surface area contributed by atoms with Crippen LogP contribution in [0.1, 0.15) is 16.7 Å². The number of carbonyl (C=O) groups is 1. The fraction of sp³-hybridized carbons (Fsp3) is 0.192. The first-order valence-corrected chi connectivity index (χ1v) is 12.2. The lowest BCUT2D eigenvalue weighted by molar-refractivity contribution is -0.116. The van der Waals surface area contributed by atoms with Crippen LogP contribution in [0.5, 0.6) is 5.75 Å². The highest BCUT2D eigenvalue weighted by atomic mass is 32.2. The van der Waals surface area contributed by atoms with Gasteiger partial charge in [0.05, 0.1) is 23.4 Å². The maximum Gasteiger partial charge on any atom is 0.244 e. The third kappa shape index (κ3) is 4.78. The summed E-state index contributed by atoms with van der Waals surface area (Å²) in [7, 11) is -2.10. The van der Waals surface area contributed by atoms with Crippen molar-refractivity contribution in [2.24, 2.45) is 0 Å². The van der Waals surface area contributed by atoms with E-state index in [2.05, 4.69) is 5.32 Å². The van der Waals surface area contributed by atoms with Crippen molar-refractivity contribution in [1.29, 1.82) is 0 Å². The molecule has 0 aliphatic carbocycles. The number of nitrogens with one attached hydrogen (secondary N) is 1. The van der Waals surface area contributed by atoms with E-state index in [0.717, 1.165) is 16.7 Å². The van der Waals surface area contributed by atoms with Crippen LogP contribution < -0.4 is 10.1 Å². The Morgan fingerprint density at radius 2 is 1.73 bits per heavy atom. The molecule has 1 N–H and O–H groups in total. The molecule has 6 nitrogen and oxygen atoms in total. The zero-order chi connectivity index (χ0) is 23.6. The highest BCUT2D eigenvalue weighted by molar-refractivity contribution is 7.90. The SMILES string of the molecule is COc1ccccc1NC(=O)Cn1cc(S(=O)(=O)Cc2cc(C)ccc2C)c2ccccc21. The monoisotopic (exact) mass is 462 g/mol. The predicted molar refractivity (Wildman–Crippen MR) is 130 cm³/mol. The number of sulfone groups is 1. The number of benzene rings is 3. The van der Waals surface area contributed by atoms with Crippen molar-refractivity contribution in [1.82, 2.24) is 4.57 Å². The van der Waals surface area contributed by atoms with Gasteiger partial charge in [0.25, 0.3) is 0 Å². The van der Waals surface area contributed by atoms with Gasteiger partial charge < -0.3 is 14.6 Å². The molecular formula is C26H26N2O4S. The highest BCUT2D eigenvalue weighted by Gasteiger charge is 2.23. The molecule has 0 unspecified atom stereocenters. The summed E-state index contributed by atoms with van der Waals surface area (Å²) in [5, 5.41) is 3.45. The summed E-state index contributed by atoms with van der Waals surface area (Å²) in [5.41, 5.74) is 3.97. The summed E-state index contributed by atoms with van der Waals surface area (Å²) in [5.74, 6) is 0.181. The lowest BCUT2D eigenvalue weighted by Gasteiger charge is -2.10. The summed E-state index contributed by atoms with van der Waals surface area (Å²) in [4.78, 5) is 13.0. The van der Waals surface area contributed by atoms with E-state index in [1.165, 1.54) is 7.11 Å². The molecule has 0 fully saturated rings. The van der Waals surface area contributed by atoms with Gasteiger partial charge in [0, 0.05) is 17.1 Å². The van der Waals surface area contributed by atoms with E-state index in [-0.39, 0.29) is 23.1 Å². The summed E-state index contributed by atoms with van der Waals surface area (Å²) in [6.45, 7) is 3.83. The van der Waals surface area contributed by atoms with Crippen LogP contribution in [-0.4, -0.2) is 26.0 Å². The molecule has 3 aromatic carbocycles. The summed E-state index contributed by atoms with van der Waals surface area (Å²) >= 11 is 0. The van der Waals surface area contributed by atoms with Crippen LogP contribution in [0.15, 0.2) is 77.8 Å². The number of carbonyl (C=O) groups excluding carboxylic acids is 1. The maximum absolute atomic E-state index is 13.4. The minimum absolute atomic E-state index is 0.0302. The van der Waals surface area contributed by atoms with Crippen LogP contribution in [0.2, 0.25) is 0 Å². The maximum atomic E-state index is 13.4. The van der Waals surface area contributed by atoms with Gasteiger partial charge in [-0.1, -0.05) is 54.1 Å². The first kappa shape index (κ1) is 22.6. The van der Waals surface area contributed by atoms with Crippen molar-refractivity contribution >= 4 is 32.3 Å². The minimum atomic E-state index is -3.64. The first-order chi connectivity index (χ1) is 15.8. The molecule has 0 spiro atoms. The van der Waals surface area contributed by atoms with Crippen molar-refractivity contribution < 1.29 is 17.9 Å². The average Bonchev–Trinajstić information content (AvgIpc) is 3.16. The second-order valence-electron chi connectivity index (χ2n) is 8.08. The van der Waals surface area contributed by atoms with E-state index < -0.39 is 9.84 Å². The zero-order valence-corrected chi connectivity index (χ0v) is 19.6. The summed E-state index contributed by atoms with van der Waals surface area (Å²) in [6, 6.07) is 20.2. The van der Waals surface area contributed by atoms with Gasteiger partial charge in [-0.05, 0) is 43.2 Å². The van der Waals surface area contributed by atoms with Crippen LogP contribution in [0.25, 0.3) is 10.9 Å². The fourth-order valence-corrected chi connectivity index (χ4v) is 5.59. The van der Waals surface area contributed by atoms with Gasteiger partial charge >= 0.3 is 0 Å². The smallest absolute Gasteiger partial charge is 0.244 e. The second kappa shape index (κ2) is 9.11. The molecule has 0 aliphatic heterocycles. The molecule has 0 saturated heterocycles. The lowest BCUT2D eigenvalue weighted by atomic mass is 10.1. The number of anilines is 1. The van der Waals surface area contributed by atoms with E-state index in [4.69, 9.17) is 4.74 Å². The van der Waals surface area contributed by atoms with Crippen molar-refractivity contribution in [3.05, 3.63) is 89.6 Å². The number of nitrogens with zero attached hydrogens (tertiary/aromatic N) is 1. The van der Waals surface area contributed by atoms with E-state index in [9.17, 15) is 13.2 Å². The fourth-order valence-electron chi connectivity index (χ4n) is 3.92. The molecule has 0 bridgehead atoms. The van der Waals surface area contributed by atoms with Crippen LogP contribution in [0.3, 0.4) is 0 Å². The number of aryl methyl sites for hydroxylation is 2. The van der Waals surface area contributed by atoms with Crippen LogP contribution >= 0.6 is 0 Å². The minimum Gasteiger partial charge on any atom is -0.495 e. The van der Waals surface area contributed by atoms with Gasteiger partial charge in [-0.25, -0.2) is 8.42 Å². The van der Waals surface area contributed by atoms with Crippen molar-refractivity contribution in [2.75, 3.05) is 12.4 Å². The largest absolute Gasteiger partial charge is 0.495 e. The molecule has 0 radical (unpaired) electrons. The zero-order valence-electron chi connectivity index (χ0n) is 18.8. The van der Waals surface area contributed by atoms with Gasteiger partial charge in [0.15, 0.2) is 9.84 Å². The quantitative estimate of drug-likeness (QED) is 0.425. The standard InChI is InChI=1S/C26H26N2O4S/c1-18-12-13-19(2)20(14-18)17-33(30,31)25-15-28(23-10-6-4-8-21(23)25)16-26(29)27-22-9-5-7-11-24(22)32-3/h4-15H,16-17H2,1-3H3,(H,27,29).